The van der Waals surface area contributed by atoms with Gasteiger partial charge >= 0.3 is 0 Å². The van der Waals surface area contributed by atoms with Gasteiger partial charge in [-0.25, -0.2) is 4.98 Å². The van der Waals surface area contributed by atoms with Crippen LogP contribution in [0, 0.1) is 0 Å². The van der Waals surface area contributed by atoms with E-state index in [1.807, 2.05) is 42.3 Å². The summed E-state index contributed by atoms with van der Waals surface area (Å²) in [4.78, 5) is 30.7. The number of hydrogen-bond donors (Lipinski definition) is 2. The predicted octanol–water partition coefficient (Wildman–Crippen LogP) is 3.70. The average Bonchev–Trinajstić information content (AvgIpc) is 3.10. The maximum absolute atomic E-state index is 13.2. The summed E-state index contributed by atoms with van der Waals surface area (Å²) >= 11 is 6.35. The molecule has 37 heavy (non-hydrogen) atoms. The number of nitrogens with one attached hydrogen (secondary N) is 1. The summed E-state index contributed by atoms with van der Waals surface area (Å²) in [5.74, 6) is 0.748. The minimum atomic E-state index is -0.194. The first-order valence-electron chi connectivity index (χ1n) is 12.5. The van der Waals surface area contributed by atoms with Gasteiger partial charge < -0.3 is 20.2 Å². The lowest BCUT2D eigenvalue weighted by atomic mass is 10.1. The zero-order valence-corrected chi connectivity index (χ0v) is 21.7. The lowest BCUT2D eigenvalue weighted by molar-refractivity contribution is 0.0982. The second-order valence-corrected chi connectivity index (χ2v) is 10.4. The lowest BCUT2D eigenvalue weighted by Crippen LogP contribution is -2.52. The van der Waals surface area contributed by atoms with Crippen molar-refractivity contribution in [3.63, 3.8) is 0 Å². The van der Waals surface area contributed by atoms with Crippen LogP contribution in [0.25, 0.3) is 0 Å². The molecule has 192 valence electrons. The van der Waals surface area contributed by atoms with Gasteiger partial charge in [-0.1, -0.05) is 23.7 Å². The summed E-state index contributed by atoms with van der Waals surface area (Å²) in [6, 6.07) is 14.4. The number of hydrogen-bond acceptors (Lipinski definition) is 8. The van der Waals surface area contributed by atoms with E-state index in [-0.39, 0.29) is 12.5 Å². The molecule has 9 nitrogen and oxygen atoms in total. The second-order valence-electron chi connectivity index (χ2n) is 10.0. The third-order valence-electron chi connectivity index (χ3n) is 7.80. The molecule has 1 amide bonds. The van der Waals surface area contributed by atoms with E-state index >= 15 is 0 Å². The van der Waals surface area contributed by atoms with Crippen LogP contribution in [0.4, 0.5) is 28.8 Å². The van der Waals surface area contributed by atoms with E-state index in [4.69, 9.17) is 11.6 Å². The number of fused-ring (bicyclic) bond motifs is 3. The number of rotatable bonds is 5. The third kappa shape index (κ3) is 4.27. The number of aliphatic hydroxyl groups is 1. The van der Waals surface area contributed by atoms with Gasteiger partial charge in [0, 0.05) is 55.4 Å². The standard InChI is InChI=1S/C27H30ClN7O2/c1-32-16-35(24-6-4-3-5-22(24)28)26(37)21-12-29-27(31-25(21)32)30-18-7-10-23(17(11-18)15-36)34-13-19-8-9-20(14-34)33(19)2/h3-7,10-12,19-20,36H,8-9,13-16H2,1-2H3,(H,29,30,31). The molecule has 3 aliphatic rings. The Bertz CT molecular complexity index is 1340. The van der Waals surface area contributed by atoms with Crippen molar-refractivity contribution in [2.24, 2.45) is 0 Å². The molecule has 3 aliphatic heterocycles. The maximum Gasteiger partial charge on any atom is 0.265 e. The van der Waals surface area contributed by atoms with Crippen molar-refractivity contribution < 1.29 is 9.90 Å². The van der Waals surface area contributed by atoms with Crippen molar-refractivity contribution >= 4 is 46.3 Å². The smallest absolute Gasteiger partial charge is 0.265 e. The van der Waals surface area contributed by atoms with E-state index in [2.05, 4.69) is 38.2 Å². The average molecular weight is 520 g/mol. The van der Waals surface area contributed by atoms with Crippen LogP contribution in [0.2, 0.25) is 5.02 Å². The first-order valence-corrected chi connectivity index (χ1v) is 12.9. The minimum absolute atomic E-state index is 0.0489. The fraction of sp³-hybridized carbons (Fsp3) is 0.370. The summed E-state index contributed by atoms with van der Waals surface area (Å²) < 4.78 is 0. The van der Waals surface area contributed by atoms with Gasteiger partial charge in [-0.05, 0) is 50.2 Å². The van der Waals surface area contributed by atoms with Crippen molar-refractivity contribution in [3.8, 4) is 0 Å². The van der Waals surface area contributed by atoms with E-state index in [9.17, 15) is 9.90 Å². The highest BCUT2D eigenvalue weighted by Gasteiger charge is 2.38. The Hall–Kier alpha value is -3.40. The van der Waals surface area contributed by atoms with Gasteiger partial charge in [0.05, 0.1) is 24.0 Å². The molecule has 2 aromatic carbocycles. The van der Waals surface area contributed by atoms with Gasteiger partial charge in [-0.2, -0.15) is 4.98 Å². The summed E-state index contributed by atoms with van der Waals surface area (Å²) in [6.07, 6.45) is 4.01. The number of aromatic nitrogens is 2. The fourth-order valence-corrected chi connectivity index (χ4v) is 6.00. The normalized spacial score (nSPS) is 21.4. The molecular weight excluding hydrogens is 490 g/mol. The van der Waals surface area contributed by atoms with Crippen LogP contribution in [0.15, 0.2) is 48.7 Å². The Kier molecular flexibility index (Phi) is 6.14. The Balaban J connectivity index is 1.23. The maximum atomic E-state index is 13.2. The number of piperazine rings is 1. The highest BCUT2D eigenvalue weighted by atomic mass is 35.5. The molecule has 0 aliphatic carbocycles. The largest absolute Gasteiger partial charge is 0.392 e. The number of amides is 1. The van der Waals surface area contributed by atoms with Crippen molar-refractivity contribution in [1.29, 1.82) is 0 Å². The van der Waals surface area contributed by atoms with Crippen molar-refractivity contribution in [2.75, 3.05) is 53.9 Å². The molecule has 1 aromatic heterocycles. The Morgan fingerprint density at radius 3 is 2.57 bits per heavy atom. The van der Waals surface area contributed by atoms with Crippen LogP contribution in [-0.2, 0) is 6.61 Å². The first kappa shape index (κ1) is 24.0. The van der Waals surface area contributed by atoms with E-state index in [1.54, 1.807) is 17.2 Å². The number of para-hydroxylation sites is 1. The number of likely N-dealkylation sites (N-methyl/N-ethyl adjacent to an activating group) is 1. The zero-order valence-electron chi connectivity index (χ0n) is 20.9. The lowest BCUT2D eigenvalue weighted by Gasteiger charge is -2.40. The topological polar surface area (TPSA) is 88.1 Å². The predicted molar refractivity (Wildman–Crippen MR) is 146 cm³/mol. The van der Waals surface area contributed by atoms with E-state index in [0.29, 0.717) is 46.8 Å². The van der Waals surface area contributed by atoms with Crippen LogP contribution in [0.3, 0.4) is 0 Å². The van der Waals surface area contributed by atoms with Gasteiger partial charge in [-0.15, -0.1) is 0 Å². The van der Waals surface area contributed by atoms with Gasteiger partial charge in [0.2, 0.25) is 5.95 Å². The Labute approximate surface area is 221 Å². The molecule has 0 spiro atoms. The van der Waals surface area contributed by atoms with E-state index in [1.165, 1.54) is 12.8 Å². The molecule has 2 fully saturated rings. The molecule has 3 aromatic rings. The number of benzene rings is 2. The molecule has 0 saturated carbocycles. The molecule has 6 rings (SSSR count). The van der Waals surface area contributed by atoms with Gasteiger partial charge in [0.25, 0.3) is 5.91 Å². The number of nitrogens with zero attached hydrogens (tertiary/aromatic N) is 6. The summed E-state index contributed by atoms with van der Waals surface area (Å²) in [6.45, 7) is 2.23. The third-order valence-corrected chi connectivity index (χ3v) is 8.12. The minimum Gasteiger partial charge on any atom is -0.392 e. The molecule has 10 heteroatoms. The molecule has 0 radical (unpaired) electrons. The Morgan fingerprint density at radius 2 is 1.84 bits per heavy atom. The zero-order chi connectivity index (χ0) is 25.7. The Morgan fingerprint density at radius 1 is 1.08 bits per heavy atom. The number of carbonyl (C=O) groups is 1. The number of aliphatic hydroxyl groups excluding tert-OH is 1. The van der Waals surface area contributed by atoms with Crippen LogP contribution in [0.1, 0.15) is 28.8 Å². The van der Waals surface area contributed by atoms with Crippen LogP contribution in [-0.4, -0.2) is 71.8 Å². The molecule has 4 heterocycles. The number of carbonyl (C=O) groups excluding carboxylic acids is 1. The fourth-order valence-electron chi connectivity index (χ4n) is 5.76. The van der Waals surface area contributed by atoms with Gasteiger partial charge in [0.1, 0.15) is 11.4 Å². The van der Waals surface area contributed by atoms with Crippen molar-refractivity contribution in [2.45, 2.75) is 31.5 Å². The monoisotopic (exact) mass is 519 g/mol. The van der Waals surface area contributed by atoms with E-state index < -0.39 is 0 Å². The SMILES string of the molecule is CN1CN(c2ccccc2Cl)C(=O)c2cnc(Nc3ccc(N4CC5CCC(C4)N5C)c(CO)c3)nc21. The summed E-state index contributed by atoms with van der Waals surface area (Å²) in [5.41, 5.74) is 3.80. The summed E-state index contributed by atoms with van der Waals surface area (Å²) in [7, 11) is 4.10. The molecular formula is C27H30ClN7O2. The molecule has 2 bridgehead atoms. The highest BCUT2D eigenvalue weighted by molar-refractivity contribution is 6.34. The molecule has 2 N–H and O–H groups in total. The molecule has 2 saturated heterocycles. The highest BCUT2D eigenvalue weighted by Crippen LogP contribution is 2.35. The number of anilines is 5. The summed E-state index contributed by atoms with van der Waals surface area (Å²) in [5, 5.41) is 13.9. The molecule has 2 atom stereocenters. The first-order chi connectivity index (χ1) is 17.9. The van der Waals surface area contributed by atoms with Crippen LogP contribution in [0.5, 0.6) is 0 Å². The second kappa shape index (κ2) is 9.48. The quantitative estimate of drug-likeness (QED) is 0.527. The van der Waals surface area contributed by atoms with Gasteiger partial charge in [-0.3, -0.25) is 14.6 Å². The van der Waals surface area contributed by atoms with Crippen molar-refractivity contribution in [1.82, 2.24) is 14.9 Å². The van der Waals surface area contributed by atoms with Crippen LogP contribution < -0.4 is 20.0 Å². The van der Waals surface area contributed by atoms with Crippen molar-refractivity contribution in [3.05, 3.63) is 64.8 Å². The molecule has 2 unspecified atom stereocenters. The van der Waals surface area contributed by atoms with Crippen LogP contribution >= 0.6 is 11.6 Å². The van der Waals surface area contributed by atoms with Gasteiger partial charge in [0.15, 0.2) is 0 Å². The number of halogens is 1. The van der Waals surface area contributed by atoms with E-state index in [0.717, 1.165) is 30.0 Å².